The Morgan fingerprint density at radius 3 is 2.67 bits per heavy atom. The van der Waals surface area contributed by atoms with E-state index in [1.807, 2.05) is 11.0 Å². The first kappa shape index (κ1) is 15.4. The lowest BCUT2D eigenvalue weighted by molar-refractivity contribution is 0.0767. The fourth-order valence-corrected chi connectivity index (χ4v) is 4.45. The number of likely N-dealkylation sites (tertiary alicyclic amines) is 1. The van der Waals surface area contributed by atoms with Gasteiger partial charge in [0.25, 0.3) is 5.91 Å². The van der Waals surface area contributed by atoms with Gasteiger partial charge in [-0.1, -0.05) is 24.5 Å². The summed E-state index contributed by atoms with van der Waals surface area (Å²) in [6, 6.07) is 8.25. The number of aryl methyl sites for hydroxylation is 1. The number of fused-ring (bicyclic) bond motifs is 2. The Kier molecular flexibility index (Phi) is 3.88. The molecule has 1 aliphatic heterocycles. The smallest absolute Gasteiger partial charge is 0.266 e. The third-order valence-electron chi connectivity index (χ3n) is 4.76. The minimum atomic E-state index is 0.0673. The topological polar surface area (TPSA) is 59.2 Å². The molecule has 1 aliphatic rings. The van der Waals surface area contributed by atoms with Gasteiger partial charge in [-0.15, -0.1) is 11.3 Å². The molecule has 124 valence electrons. The molecule has 1 amide bonds. The number of aromatic nitrogens is 1. The quantitative estimate of drug-likeness (QED) is 0.717. The summed E-state index contributed by atoms with van der Waals surface area (Å²) in [4.78, 5) is 21.1. The highest BCUT2D eigenvalue weighted by Crippen LogP contribution is 2.35. The van der Waals surface area contributed by atoms with E-state index in [1.54, 1.807) is 0 Å². The maximum Gasteiger partial charge on any atom is 0.266 e. The monoisotopic (exact) mass is 339 g/mol. The molecule has 1 saturated heterocycles. The molecular weight excluding hydrogens is 318 g/mol. The summed E-state index contributed by atoms with van der Waals surface area (Å²) in [6.07, 6.45) is 4.58. The largest absolute Gasteiger partial charge is 0.397 e. The number of pyridine rings is 1. The molecule has 2 N–H and O–H groups in total. The number of amides is 1. The summed E-state index contributed by atoms with van der Waals surface area (Å²) >= 11 is 1.42. The van der Waals surface area contributed by atoms with Crippen LogP contribution in [0.3, 0.4) is 0 Å². The van der Waals surface area contributed by atoms with Crippen LogP contribution in [0.1, 0.15) is 40.9 Å². The zero-order valence-corrected chi connectivity index (χ0v) is 14.7. The highest BCUT2D eigenvalue weighted by Gasteiger charge is 2.23. The first-order chi connectivity index (χ1) is 11.6. The number of nitrogen functional groups attached to an aromatic ring is 1. The maximum absolute atomic E-state index is 12.9. The van der Waals surface area contributed by atoms with Gasteiger partial charge >= 0.3 is 0 Å². The van der Waals surface area contributed by atoms with Gasteiger partial charge in [0.1, 0.15) is 9.71 Å². The third kappa shape index (κ3) is 2.63. The Balaban J connectivity index is 1.79. The number of rotatable bonds is 1. The lowest BCUT2D eigenvalue weighted by Crippen LogP contribution is -2.31. The van der Waals surface area contributed by atoms with E-state index in [0.29, 0.717) is 10.6 Å². The van der Waals surface area contributed by atoms with Gasteiger partial charge in [-0.2, -0.15) is 0 Å². The Labute approximate surface area is 145 Å². The van der Waals surface area contributed by atoms with Crippen LogP contribution in [0.4, 0.5) is 5.69 Å². The summed E-state index contributed by atoms with van der Waals surface area (Å²) < 4.78 is 0. The summed E-state index contributed by atoms with van der Waals surface area (Å²) in [7, 11) is 0. The predicted molar refractivity (Wildman–Crippen MR) is 101 cm³/mol. The molecule has 0 spiro atoms. The number of anilines is 1. The van der Waals surface area contributed by atoms with Crippen LogP contribution in [0.2, 0.25) is 0 Å². The molecule has 4 rings (SSSR count). The van der Waals surface area contributed by atoms with Gasteiger partial charge in [-0.05, 0) is 38.0 Å². The van der Waals surface area contributed by atoms with Crippen LogP contribution in [0.5, 0.6) is 0 Å². The Morgan fingerprint density at radius 2 is 1.92 bits per heavy atom. The second kappa shape index (κ2) is 6.06. The molecule has 2 aromatic heterocycles. The molecule has 4 nitrogen and oxygen atoms in total. The van der Waals surface area contributed by atoms with Crippen molar-refractivity contribution < 1.29 is 4.79 Å². The van der Waals surface area contributed by atoms with Crippen molar-refractivity contribution in [1.82, 2.24) is 9.88 Å². The van der Waals surface area contributed by atoms with Gasteiger partial charge in [0, 0.05) is 23.9 Å². The van der Waals surface area contributed by atoms with Gasteiger partial charge in [0.15, 0.2) is 0 Å². The van der Waals surface area contributed by atoms with Crippen LogP contribution in [0.25, 0.3) is 21.1 Å². The summed E-state index contributed by atoms with van der Waals surface area (Å²) in [6.45, 7) is 3.73. The van der Waals surface area contributed by atoms with E-state index >= 15 is 0 Å². The highest BCUT2D eigenvalue weighted by molar-refractivity contribution is 7.21. The van der Waals surface area contributed by atoms with Gasteiger partial charge in [-0.25, -0.2) is 4.98 Å². The molecule has 24 heavy (non-hydrogen) atoms. The zero-order chi connectivity index (χ0) is 16.7. The van der Waals surface area contributed by atoms with Crippen LogP contribution in [-0.2, 0) is 0 Å². The molecule has 0 saturated carbocycles. The van der Waals surface area contributed by atoms with Crippen molar-refractivity contribution in [2.24, 2.45) is 0 Å². The van der Waals surface area contributed by atoms with Gasteiger partial charge in [0.2, 0.25) is 0 Å². The van der Waals surface area contributed by atoms with Crippen molar-refractivity contribution in [1.29, 1.82) is 0 Å². The Morgan fingerprint density at radius 1 is 1.17 bits per heavy atom. The van der Waals surface area contributed by atoms with Gasteiger partial charge < -0.3 is 10.6 Å². The molecular formula is C19H21N3OS. The van der Waals surface area contributed by atoms with Crippen LogP contribution >= 0.6 is 11.3 Å². The van der Waals surface area contributed by atoms with Crippen LogP contribution < -0.4 is 5.73 Å². The number of hydrogen-bond acceptors (Lipinski definition) is 4. The molecule has 1 aromatic carbocycles. The van der Waals surface area contributed by atoms with Crippen molar-refractivity contribution in [3.8, 4) is 0 Å². The number of benzene rings is 1. The molecule has 0 radical (unpaired) electrons. The number of nitrogens with zero attached hydrogens (tertiary/aromatic N) is 2. The van der Waals surface area contributed by atoms with Crippen LogP contribution in [-0.4, -0.2) is 28.9 Å². The molecule has 0 aliphatic carbocycles. The molecule has 0 unspecified atom stereocenters. The first-order valence-electron chi connectivity index (χ1n) is 8.52. The summed E-state index contributed by atoms with van der Waals surface area (Å²) in [5.74, 6) is 0.0673. The maximum atomic E-state index is 12.9. The lowest BCUT2D eigenvalue weighted by atomic mass is 10.1. The minimum Gasteiger partial charge on any atom is -0.397 e. The normalized spacial score (nSPS) is 15.8. The Bertz CT molecular complexity index is 923. The van der Waals surface area contributed by atoms with E-state index in [0.717, 1.165) is 47.1 Å². The number of nitrogens with two attached hydrogens (primary N) is 1. The molecule has 0 atom stereocenters. The van der Waals surface area contributed by atoms with Crippen LogP contribution in [0.15, 0.2) is 24.3 Å². The van der Waals surface area contributed by atoms with Crippen molar-refractivity contribution in [3.05, 3.63) is 34.7 Å². The predicted octanol–water partition coefficient (Wildman–Crippen LogP) is 4.36. The molecule has 1 fully saturated rings. The van der Waals surface area contributed by atoms with E-state index in [1.165, 1.54) is 29.7 Å². The van der Waals surface area contributed by atoms with Crippen molar-refractivity contribution in [2.45, 2.75) is 32.6 Å². The van der Waals surface area contributed by atoms with E-state index in [9.17, 15) is 4.79 Å². The summed E-state index contributed by atoms with van der Waals surface area (Å²) in [5, 5.41) is 1.97. The number of thiophene rings is 1. The van der Waals surface area contributed by atoms with Crippen molar-refractivity contribution in [3.63, 3.8) is 0 Å². The number of carbonyl (C=O) groups excluding carboxylic acids is 1. The lowest BCUT2D eigenvalue weighted by Gasteiger charge is -2.19. The van der Waals surface area contributed by atoms with Crippen LogP contribution in [0, 0.1) is 6.92 Å². The zero-order valence-electron chi connectivity index (χ0n) is 13.8. The van der Waals surface area contributed by atoms with Crippen molar-refractivity contribution in [2.75, 3.05) is 18.8 Å². The fourth-order valence-electron chi connectivity index (χ4n) is 3.40. The van der Waals surface area contributed by atoms with Crippen molar-refractivity contribution >= 4 is 44.1 Å². The second-order valence-electron chi connectivity index (χ2n) is 6.59. The highest BCUT2D eigenvalue weighted by atomic mass is 32.1. The van der Waals surface area contributed by atoms with Gasteiger partial charge in [0.05, 0.1) is 11.2 Å². The van der Waals surface area contributed by atoms with E-state index < -0.39 is 0 Å². The van der Waals surface area contributed by atoms with E-state index in [2.05, 4.69) is 25.1 Å². The van der Waals surface area contributed by atoms with Gasteiger partial charge in [-0.3, -0.25) is 4.79 Å². The SMILES string of the molecule is Cc1ccc2nc3sc(C(=O)N4CCCCCC4)c(N)c3cc2c1. The molecule has 3 heterocycles. The average Bonchev–Trinajstić information content (AvgIpc) is 2.78. The standard InChI is InChI=1S/C19H21N3OS/c1-12-6-7-15-13(10-12)11-14-16(20)17(24-18(14)21-15)19(23)22-8-4-2-3-5-9-22/h6-7,10-11H,2-5,8-9,20H2,1H3. The summed E-state index contributed by atoms with van der Waals surface area (Å²) in [5.41, 5.74) is 9.06. The number of hydrogen-bond donors (Lipinski definition) is 1. The molecule has 3 aromatic rings. The first-order valence-corrected chi connectivity index (χ1v) is 9.34. The van der Waals surface area contributed by atoms with E-state index in [-0.39, 0.29) is 5.91 Å². The third-order valence-corrected chi connectivity index (χ3v) is 5.86. The minimum absolute atomic E-state index is 0.0673. The average molecular weight is 339 g/mol. The fraction of sp³-hybridized carbons (Fsp3) is 0.368. The number of carbonyl (C=O) groups is 1. The second-order valence-corrected chi connectivity index (χ2v) is 7.59. The molecule has 0 bridgehead atoms. The Hall–Kier alpha value is -2.14. The van der Waals surface area contributed by atoms with E-state index in [4.69, 9.17) is 10.7 Å². The molecule has 5 heteroatoms.